The molecule has 3 aromatic carbocycles. The number of Topliss-reactive ketones (excluding diaryl/α,β-unsaturated/α-hetero) is 1. The van der Waals surface area contributed by atoms with Gasteiger partial charge in [-0.25, -0.2) is 5.01 Å². The molecule has 0 radical (unpaired) electrons. The molecule has 0 unspecified atom stereocenters. The number of halogens is 2. The number of methoxy groups -OCH3 is 2. The fourth-order valence-corrected chi connectivity index (χ4v) is 4.70. The fraction of sp³-hybridized carbons (Fsp3) is 0.200. The molecule has 2 heterocycles. The lowest BCUT2D eigenvalue weighted by molar-refractivity contribution is -0.00448. The van der Waals surface area contributed by atoms with Crippen LogP contribution in [0.4, 0.5) is 0 Å². The number of nitrogens with zero attached hydrogens (tertiary/aromatic N) is 2. The van der Waals surface area contributed by atoms with Crippen LogP contribution in [0.5, 0.6) is 17.2 Å². The van der Waals surface area contributed by atoms with Crippen molar-refractivity contribution in [3.05, 3.63) is 87.4 Å². The van der Waals surface area contributed by atoms with Gasteiger partial charge in [0.2, 0.25) is 5.78 Å². The van der Waals surface area contributed by atoms with Gasteiger partial charge in [0.05, 0.1) is 31.0 Å². The zero-order valence-electron chi connectivity index (χ0n) is 17.9. The van der Waals surface area contributed by atoms with Gasteiger partial charge in [-0.1, -0.05) is 23.2 Å². The molecule has 0 saturated carbocycles. The Balaban J connectivity index is 1.56. The summed E-state index contributed by atoms with van der Waals surface area (Å²) in [6.07, 6.45) is -0.392. The topological polar surface area (TPSA) is 60.4 Å². The van der Waals surface area contributed by atoms with Gasteiger partial charge in [-0.15, -0.1) is 0 Å². The van der Waals surface area contributed by atoms with Crippen molar-refractivity contribution >= 4 is 34.7 Å². The van der Waals surface area contributed by atoms with Crippen molar-refractivity contribution in [3.63, 3.8) is 0 Å². The Morgan fingerprint density at radius 3 is 2.27 bits per heavy atom. The van der Waals surface area contributed by atoms with E-state index in [1.807, 2.05) is 30.3 Å². The lowest BCUT2D eigenvalue weighted by atomic mass is 9.95. The first-order valence-electron chi connectivity index (χ1n) is 10.3. The number of ketones is 1. The Kier molecular flexibility index (Phi) is 5.64. The van der Waals surface area contributed by atoms with Gasteiger partial charge >= 0.3 is 0 Å². The molecule has 0 N–H and O–H groups in total. The molecule has 3 aromatic rings. The standard InChI is InChI=1S/C25H20Cl2N2O4/c1-31-17-7-3-14(4-8-17)21-13-22-19-11-16(26)12-20(27)24(19)33-25(29(22)28-21)23(30)15-5-9-18(32-2)10-6-15/h3-12,22,25H,13H2,1-2H3/t22-,25-/m1/s1. The molecule has 0 spiro atoms. The first kappa shape index (κ1) is 21.6. The molecule has 2 aliphatic heterocycles. The van der Waals surface area contributed by atoms with E-state index in [1.54, 1.807) is 49.6 Å². The molecule has 5 rings (SSSR count). The number of hydrogen-bond donors (Lipinski definition) is 0. The Hall–Kier alpha value is -3.22. The third-order valence-corrected chi connectivity index (χ3v) is 6.33. The van der Waals surface area contributed by atoms with Gasteiger partial charge < -0.3 is 14.2 Å². The number of hydrogen-bond acceptors (Lipinski definition) is 6. The van der Waals surface area contributed by atoms with E-state index in [0.717, 1.165) is 22.6 Å². The molecule has 33 heavy (non-hydrogen) atoms. The summed E-state index contributed by atoms with van der Waals surface area (Å²) in [5.74, 6) is 1.66. The highest BCUT2D eigenvalue weighted by Crippen LogP contribution is 2.47. The minimum atomic E-state index is -0.967. The van der Waals surface area contributed by atoms with Crippen LogP contribution in [0.25, 0.3) is 0 Å². The average Bonchev–Trinajstić information content (AvgIpc) is 3.29. The highest BCUT2D eigenvalue weighted by Gasteiger charge is 2.44. The van der Waals surface area contributed by atoms with Crippen molar-refractivity contribution in [3.8, 4) is 17.2 Å². The van der Waals surface area contributed by atoms with Crippen LogP contribution in [-0.4, -0.2) is 37.0 Å². The van der Waals surface area contributed by atoms with Crippen molar-refractivity contribution in [1.82, 2.24) is 5.01 Å². The Bertz CT molecular complexity index is 1240. The molecule has 8 heteroatoms. The molecule has 0 saturated heterocycles. The molecule has 0 aliphatic carbocycles. The average molecular weight is 483 g/mol. The summed E-state index contributed by atoms with van der Waals surface area (Å²) in [5.41, 5.74) is 3.07. The highest BCUT2D eigenvalue weighted by atomic mass is 35.5. The number of carbonyl (C=O) groups excluding carboxylic acids is 1. The Morgan fingerprint density at radius 2 is 1.64 bits per heavy atom. The normalized spacial score (nSPS) is 18.7. The van der Waals surface area contributed by atoms with Gasteiger partial charge in [0.15, 0.2) is 0 Å². The van der Waals surface area contributed by atoms with E-state index in [2.05, 4.69) is 0 Å². The van der Waals surface area contributed by atoms with Crippen LogP contribution in [0.1, 0.15) is 33.9 Å². The maximum atomic E-state index is 13.5. The van der Waals surface area contributed by atoms with Crippen molar-refractivity contribution < 1.29 is 19.0 Å². The molecule has 2 aliphatic rings. The molecular formula is C25H20Cl2N2O4. The second-order valence-corrected chi connectivity index (χ2v) is 8.59. The summed E-state index contributed by atoms with van der Waals surface area (Å²) in [5, 5.41) is 7.38. The summed E-state index contributed by atoms with van der Waals surface area (Å²) < 4.78 is 16.6. The smallest absolute Gasteiger partial charge is 0.251 e. The van der Waals surface area contributed by atoms with Crippen LogP contribution < -0.4 is 14.2 Å². The molecule has 6 nitrogen and oxygen atoms in total. The molecule has 168 valence electrons. The number of hydrazone groups is 1. The number of carbonyl (C=O) groups is 1. The van der Waals surface area contributed by atoms with Crippen molar-refractivity contribution in [2.45, 2.75) is 18.7 Å². The summed E-state index contributed by atoms with van der Waals surface area (Å²) >= 11 is 12.8. The zero-order chi connectivity index (χ0) is 23.1. The number of rotatable bonds is 5. The van der Waals surface area contributed by atoms with E-state index in [4.69, 9.17) is 42.5 Å². The lowest BCUT2D eigenvalue weighted by Crippen LogP contribution is -2.46. The molecular weight excluding hydrogens is 463 g/mol. The molecule has 0 fully saturated rings. The summed E-state index contributed by atoms with van der Waals surface area (Å²) in [7, 11) is 3.20. The quantitative estimate of drug-likeness (QED) is 0.432. The van der Waals surface area contributed by atoms with Gasteiger partial charge in [0, 0.05) is 22.6 Å². The van der Waals surface area contributed by atoms with Crippen LogP contribution in [0.3, 0.4) is 0 Å². The van der Waals surface area contributed by atoms with E-state index in [1.165, 1.54) is 0 Å². The largest absolute Gasteiger partial charge is 0.497 e. The van der Waals surface area contributed by atoms with E-state index < -0.39 is 6.23 Å². The van der Waals surface area contributed by atoms with Gasteiger partial charge in [-0.3, -0.25) is 4.79 Å². The van der Waals surface area contributed by atoms with Crippen molar-refractivity contribution in [2.24, 2.45) is 5.10 Å². The van der Waals surface area contributed by atoms with Gasteiger partial charge in [0.1, 0.15) is 17.2 Å². The first-order valence-corrected chi connectivity index (χ1v) is 11.1. The fourth-order valence-electron chi connectivity index (χ4n) is 4.14. The molecule has 0 amide bonds. The van der Waals surface area contributed by atoms with Gasteiger partial charge in [0.25, 0.3) is 6.23 Å². The van der Waals surface area contributed by atoms with E-state index in [-0.39, 0.29) is 11.8 Å². The predicted octanol–water partition coefficient (Wildman–Crippen LogP) is 5.76. The van der Waals surface area contributed by atoms with Crippen molar-refractivity contribution in [2.75, 3.05) is 14.2 Å². The van der Waals surface area contributed by atoms with Gasteiger partial charge in [-0.05, 0) is 66.2 Å². The van der Waals surface area contributed by atoms with E-state index in [0.29, 0.717) is 33.5 Å². The maximum Gasteiger partial charge on any atom is 0.251 e. The van der Waals surface area contributed by atoms with Crippen LogP contribution in [-0.2, 0) is 0 Å². The molecule has 2 atom stereocenters. The summed E-state index contributed by atoms with van der Waals surface area (Å²) in [6, 6.07) is 17.8. The number of fused-ring (bicyclic) bond motifs is 3. The monoisotopic (exact) mass is 482 g/mol. The second kappa shape index (κ2) is 8.61. The Labute approximate surface area is 201 Å². The minimum absolute atomic E-state index is 0.223. The zero-order valence-corrected chi connectivity index (χ0v) is 19.4. The van der Waals surface area contributed by atoms with E-state index >= 15 is 0 Å². The highest BCUT2D eigenvalue weighted by molar-refractivity contribution is 6.35. The van der Waals surface area contributed by atoms with Crippen LogP contribution in [0.2, 0.25) is 10.0 Å². The maximum absolute atomic E-state index is 13.5. The van der Waals surface area contributed by atoms with E-state index in [9.17, 15) is 4.79 Å². The predicted molar refractivity (Wildman–Crippen MR) is 127 cm³/mol. The number of ether oxygens (including phenoxy) is 3. The van der Waals surface area contributed by atoms with Gasteiger partial charge in [-0.2, -0.15) is 5.10 Å². The minimum Gasteiger partial charge on any atom is -0.497 e. The molecule has 0 aromatic heterocycles. The van der Waals surface area contributed by atoms with Crippen LogP contribution in [0.15, 0.2) is 65.8 Å². The molecule has 0 bridgehead atoms. The van der Waals surface area contributed by atoms with Crippen LogP contribution in [0, 0.1) is 0 Å². The summed E-state index contributed by atoms with van der Waals surface area (Å²) in [6.45, 7) is 0. The van der Waals surface area contributed by atoms with Crippen molar-refractivity contribution in [1.29, 1.82) is 0 Å². The third-order valence-electron chi connectivity index (χ3n) is 5.83. The summed E-state index contributed by atoms with van der Waals surface area (Å²) in [4.78, 5) is 13.5. The lowest BCUT2D eigenvalue weighted by Gasteiger charge is -2.37. The number of benzene rings is 3. The van der Waals surface area contributed by atoms with Crippen LogP contribution >= 0.6 is 23.2 Å². The first-order chi connectivity index (χ1) is 16.0. The second-order valence-electron chi connectivity index (χ2n) is 7.74. The third kappa shape index (κ3) is 3.90. The SMILES string of the molecule is COc1ccc(C(=O)[C@H]2Oc3c(Cl)cc(Cl)cc3[C@H]3CC(c4ccc(OC)cc4)=NN23)cc1. The Morgan fingerprint density at radius 1 is 1.00 bits per heavy atom.